The van der Waals surface area contributed by atoms with Crippen molar-refractivity contribution in [3.63, 3.8) is 0 Å². The lowest BCUT2D eigenvalue weighted by molar-refractivity contribution is -0.138. The molecular weight excluding hydrogens is 517 g/mol. The summed E-state index contributed by atoms with van der Waals surface area (Å²) in [5, 5.41) is 7.59. The Morgan fingerprint density at radius 2 is 1.90 bits per heavy atom. The first kappa shape index (κ1) is 27.2. The molecule has 0 bridgehead atoms. The van der Waals surface area contributed by atoms with Gasteiger partial charge >= 0.3 is 6.18 Å². The van der Waals surface area contributed by atoms with Gasteiger partial charge in [0, 0.05) is 37.3 Å². The number of aromatic nitrogens is 3. The molecule has 6 nitrogen and oxygen atoms in total. The number of carbonyl (C=O) groups excluding carboxylic acids is 1. The van der Waals surface area contributed by atoms with E-state index < -0.39 is 29.7 Å². The molecule has 0 radical (unpaired) electrons. The summed E-state index contributed by atoms with van der Waals surface area (Å²) in [5.41, 5.74) is 1.26. The van der Waals surface area contributed by atoms with Gasteiger partial charge in [-0.15, -0.1) is 10.2 Å². The Kier molecular flexibility index (Phi) is 6.77. The fourth-order valence-corrected chi connectivity index (χ4v) is 5.94. The maximum Gasteiger partial charge on any atom is 0.416 e. The van der Waals surface area contributed by atoms with E-state index >= 15 is 4.39 Å². The van der Waals surface area contributed by atoms with Crippen LogP contribution in [0.1, 0.15) is 76.7 Å². The van der Waals surface area contributed by atoms with Crippen molar-refractivity contribution in [2.75, 3.05) is 18.0 Å². The Balaban J connectivity index is 0.00000308. The molecule has 3 aromatic rings. The minimum Gasteiger partial charge on any atom is -0.318 e. The van der Waals surface area contributed by atoms with Gasteiger partial charge in [0.2, 0.25) is 0 Å². The minimum atomic E-state index is -4.58. The van der Waals surface area contributed by atoms with Crippen LogP contribution in [0, 0.1) is 5.41 Å². The van der Waals surface area contributed by atoms with Gasteiger partial charge in [-0.1, -0.05) is 19.1 Å². The zero-order chi connectivity index (χ0) is 26.8. The average Bonchev–Trinajstić information content (AvgIpc) is 3.16. The second-order valence-electron chi connectivity index (χ2n) is 11.1. The number of amides is 1. The highest BCUT2D eigenvalue weighted by Crippen LogP contribution is 2.53. The SMILES string of the molecule is C[C@@H](c1cccc(N2Cc3c(cc(CN4CCC5(CC5)C4)cc3C(F)(F)F)C2=O)c1)[C@H](F)c1nncn1C.F. The van der Waals surface area contributed by atoms with Crippen molar-refractivity contribution >= 4 is 11.6 Å². The largest absolute Gasteiger partial charge is 0.416 e. The number of halogens is 5. The van der Waals surface area contributed by atoms with Crippen LogP contribution in [0.25, 0.3) is 0 Å². The van der Waals surface area contributed by atoms with Gasteiger partial charge < -0.3 is 9.47 Å². The predicted molar refractivity (Wildman–Crippen MR) is 136 cm³/mol. The number of rotatable bonds is 6. The molecule has 3 aliphatic rings. The second kappa shape index (κ2) is 9.69. The van der Waals surface area contributed by atoms with Crippen molar-refractivity contribution < 1.29 is 27.1 Å². The van der Waals surface area contributed by atoms with Crippen molar-refractivity contribution in [1.29, 1.82) is 0 Å². The highest BCUT2D eigenvalue weighted by molar-refractivity contribution is 6.10. The van der Waals surface area contributed by atoms with Gasteiger partial charge in [0.05, 0.1) is 12.1 Å². The Hall–Kier alpha value is -3.34. The molecule has 2 atom stereocenters. The zero-order valence-electron chi connectivity index (χ0n) is 21.7. The number of benzene rings is 2. The van der Waals surface area contributed by atoms with Gasteiger partial charge in [0.1, 0.15) is 6.33 Å². The molecule has 0 unspecified atom stereocenters. The Bertz CT molecular complexity index is 1400. The fourth-order valence-electron chi connectivity index (χ4n) is 5.94. The first-order valence-corrected chi connectivity index (χ1v) is 12.9. The van der Waals surface area contributed by atoms with Gasteiger partial charge in [-0.2, -0.15) is 13.2 Å². The monoisotopic (exact) mass is 547 g/mol. The summed E-state index contributed by atoms with van der Waals surface area (Å²) in [6.45, 7) is 3.69. The van der Waals surface area contributed by atoms with Gasteiger partial charge in [0.15, 0.2) is 12.0 Å². The quantitative estimate of drug-likeness (QED) is 0.358. The third-order valence-corrected chi connectivity index (χ3v) is 8.43. The van der Waals surface area contributed by atoms with Gasteiger partial charge in [-0.05, 0) is 72.2 Å². The van der Waals surface area contributed by atoms with Crippen LogP contribution < -0.4 is 4.90 Å². The van der Waals surface area contributed by atoms with Gasteiger partial charge in [0.25, 0.3) is 5.91 Å². The van der Waals surface area contributed by atoms with Crippen molar-refractivity contribution in [2.45, 2.75) is 57.5 Å². The third kappa shape index (κ3) is 4.92. The van der Waals surface area contributed by atoms with Gasteiger partial charge in [-0.25, -0.2) is 4.39 Å². The summed E-state index contributed by atoms with van der Waals surface area (Å²) in [5.74, 6) is -0.895. The molecular formula is C28H30F5N5O. The van der Waals surface area contributed by atoms with Crippen LogP contribution in [-0.2, 0) is 26.3 Å². The summed E-state index contributed by atoms with van der Waals surface area (Å²) in [6.07, 6.45) is -1.13. The molecule has 6 rings (SSSR count). The molecule has 1 aromatic heterocycles. The van der Waals surface area contributed by atoms with Crippen molar-refractivity contribution in [3.05, 3.63) is 76.4 Å². The molecule has 208 valence electrons. The topological polar surface area (TPSA) is 54.3 Å². The van der Waals surface area contributed by atoms with Crippen LogP contribution in [-0.4, -0.2) is 38.7 Å². The number of hydrogen-bond acceptors (Lipinski definition) is 4. The normalized spacial score (nSPS) is 19.7. The van der Waals surface area contributed by atoms with E-state index in [-0.39, 0.29) is 28.2 Å². The summed E-state index contributed by atoms with van der Waals surface area (Å²) in [7, 11) is 1.66. The van der Waals surface area contributed by atoms with E-state index in [1.54, 1.807) is 44.3 Å². The number of alkyl halides is 4. The Labute approximate surface area is 223 Å². The maximum absolute atomic E-state index is 15.2. The van der Waals surface area contributed by atoms with Crippen LogP contribution in [0.2, 0.25) is 0 Å². The molecule has 2 aromatic carbocycles. The number of carbonyl (C=O) groups is 1. The van der Waals surface area contributed by atoms with Crippen LogP contribution in [0.15, 0.2) is 42.7 Å². The Morgan fingerprint density at radius 3 is 2.54 bits per heavy atom. The minimum absolute atomic E-state index is 0. The molecule has 1 amide bonds. The van der Waals surface area contributed by atoms with Crippen molar-refractivity contribution in [3.8, 4) is 0 Å². The van der Waals surface area contributed by atoms with E-state index in [1.165, 1.54) is 34.7 Å². The summed E-state index contributed by atoms with van der Waals surface area (Å²) in [4.78, 5) is 17.0. The fraction of sp³-hybridized carbons (Fsp3) is 0.464. The highest BCUT2D eigenvalue weighted by Gasteiger charge is 2.47. The maximum atomic E-state index is 15.2. The highest BCUT2D eigenvalue weighted by atomic mass is 19.4. The van der Waals surface area contributed by atoms with Crippen LogP contribution in [0.3, 0.4) is 0 Å². The van der Waals surface area contributed by atoms with Crippen LogP contribution in [0.4, 0.5) is 28.0 Å². The summed E-state index contributed by atoms with van der Waals surface area (Å²) >= 11 is 0. The lowest BCUT2D eigenvalue weighted by atomic mass is 9.95. The van der Waals surface area contributed by atoms with Crippen LogP contribution >= 0.6 is 0 Å². The zero-order valence-corrected chi connectivity index (χ0v) is 21.7. The number of aryl methyl sites for hydroxylation is 1. The summed E-state index contributed by atoms with van der Waals surface area (Å²) in [6, 6.07) is 9.61. The van der Waals surface area contributed by atoms with E-state index in [1.807, 2.05) is 0 Å². The standard InChI is InChI=1S/C28H29F4N5O.FH/c1-17(24(29)25-34-33-16-35(25)2)19-4-3-5-20(12-19)37-14-22-21(26(37)38)10-18(11-23(22)28(30,31)32)13-36-9-8-27(15-36)6-7-27;/h3-5,10-12,16-17,24H,6-9,13-15H2,1-2H3;1H/t17-,24-;/m0./s1. The first-order valence-electron chi connectivity index (χ1n) is 12.9. The molecule has 1 spiro atoms. The average molecular weight is 548 g/mol. The van der Waals surface area contributed by atoms with Crippen molar-refractivity contribution in [2.24, 2.45) is 12.5 Å². The second-order valence-corrected chi connectivity index (χ2v) is 11.1. The number of likely N-dealkylation sites (tertiary alicyclic amines) is 1. The van der Waals surface area contributed by atoms with E-state index in [0.29, 0.717) is 28.8 Å². The smallest absolute Gasteiger partial charge is 0.318 e. The van der Waals surface area contributed by atoms with E-state index in [9.17, 15) is 18.0 Å². The molecule has 39 heavy (non-hydrogen) atoms. The number of fused-ring (bicyclic) bond motifs is 1. The molecule has 1 aliphatic carbocycles. The third-order valence-electron chi connectivity index (χ3n) is 8.43. The van der Waals surface area contributed by atoms with E-state index in [4.69, 9.17) is 0 Å². The number of hydrogen-bond donors (Lipinski definition) is 0. The number of nitrogens with zero attached hydrogens (tertiary/aromatic N) is 5. The lowest BCUT2D eigenvalue weighted by Gasteiger charge is -2.21. The lowest BCUT2D eigenvalue weighted by Crippen LogP contribution is -2.23. The molecule has 3 heterocycles. The van der Waals surface area contributed by atoms with Crippen molar-refractivity contribution in [1.82, 2.24) is 19.7 Å². The first-order chi connectivity index (χ1) is 18.0. The van der Waals surface area contributed by atoms with Gasteiger partial charge in [-0.3, -0.25) is 14.4 Å². The number of anilines is 1. The molecule has 1 saturated heterocycles. The summed E-state index contributed by atoms with van der Waals surface area (Å²) < 4.78 is 59.2. The predicted octanol–water partition coefficient (Wildman–Crippen LogP) is 5.95. The molecule has 11 heteroatoms. The molecule has 0 N–H and O–H groups in total. The molecule has 2 aliphatic heterocycles. The van der Waals surface area contributed by atoms with E-state index in [0.717, 1.165) is 19.5 Å². The Morgan fingerprint density at radius 1 is 1.13 bits per heavy atom. The van der Waals surface area contributed by atoms with Crippen LogP contribution in [0.5, 0.6) is 0 Å². The van der Waals surface area contributed by atoms with E-state index in [2.05, 4.69) is 15.1 Å². The molecule has 2 fully saturated rings. The molecule has 1 saturated carbocycles.